The molecule has 30 heavy (non-hydrogen) atoms. The summed E-state index contributed by atoms with van der Waals surface area (Å²) >= 11 is 0. The number of amides is 2. The number of alkyl carbamates (subject to hydrolysis) is 1. The van der Waals surface area contributed by atoms with E-state index in [0.717, 1.165) is 0 Å². The van der Waals surface area contributed by atoms with E-state index in [1.54, 1.807) is 26.8 Å². The number of oxime groups is 1. The number of hydroxylamine groups is 2. The zero-order chi connectivity index (χ0) is 23.2. The summed E-state index contributed by atoms with van der Waals surface area (Å²) in [6, 6.07) is -0.310. The first-order valence-corrected chi connectivity index (χ1v) is 9.54. The second-order valence-electron chi connectivity index (χ2n) is 7.44. The van der Waals surface area contributed by atoms with Crippen LogP contribution >= 0.6 is 0 Å². The zero-order valence-corrected chi connectivity index (χ0v) is 18.3. The number of carbonyl (C=O) groups is 3. The van der Waals surface area contributed by atoms with Gasteiger partial charge in [0, 0.05) is 25.6 Å². The predicted molar refractivity (Wildman–Crippen MR) is 113 cm³/mol. The van der Waals surface area contributed by atoms with Crippen molar-refractivity contribution < 1.29 is 28.8 Å². The molecule has 0 bridgehead atoms. The molecule has 0 spiro atoms. The maximum atomic E-state index is 11.6. The second-order valence-corrected chi connectivity index (χ2v) is 7.44. The minimum absolute atomic E-state index is 0.0893. The van der Waals surface area contributed by atoms with Crippen LogP contribution in [-0.2, 0) is 24.0 Å². The molecule has 172 valence electrons. The summed E-state index contributed by atoms with van der Waals surface area (Å²) in [5.74, 6) is 0. The van der Waals surface area contributed by atoms with Crippen molar-refractivity contribution in [2.75, 3.05) is 39.9 Å². The quantitative estimate of drug-likeness (QED) is 0.219. The van der Waals surface area contributed by atoms with Crippen LogP contribution < -0.4 is 11.1 Å². The highest BCUT2D eigenvalue weighted by Crippen LogP contribution is 2.18. The molecule has 3 N–H and O–H groups in total. The van der Waals surface area contributed by atoms with E-state index >= 15 is 0 Å². The smallest absolute Gasteiger partial charge is 0.407 e. The standard InChI is InChI=1S/C18H33N5O5.CH2O/c1-6-8-27-23(13-24)16-12-22(5)14(11-19)10-15(16)21-26-9-7-20-17(25)28-18(2,3)4;1-2/h6,13-14,16H,1,7-12,19H2,2-5H3,(H,20,25);1H2/b21-15-;/t14-,16?;/m0./s1. The highest BCUT2D eigenvalue weighted by Gasteiger charge is 2.35. The first kappa shape index (κ1) is 27.5. The fourth-order valence-corrected chi connectivity index (χ4v) is 2.62. The normalized spacial score (nSPS) is 20.5. The average molecular weight is 430 g/mol. The Labute approximate surface area is 178 Å². The third-order valence-electron chi connectivity index (χ3n) is 3.98. The maximum Gasteiger partial charge on any atom is 0.407 e. The number of nitrogens with one attached hydrogen (secondary N) is 1. The molecule has 2 amide bonds. The maximum absolute atomic E-state index is 11.6. The van der Waals surface area contributed by atoms with Crippen LogP contribution in [0.3, 0.4) is 0 Å². The molecule has 1 aliphatic rings. The highest BCUT2D eigenvalue weighted by molar-refractivity contribution is 5.91. The molecular weight excluding hydrogens is 394 g/mol. The molecule has 2 atom stereocenters. The summed E-state index contributed by atoms with van der Waals surface area (Å²) in [5, 5.41) is 7.99. The summed E-state index contributed by atoms with van der Waals surface area (Å²) in [6.07, 6.45) is 2.19. The molecule has 11 heteroatoms. The van der Waals surface area contributed by atoms with Crippen molar-refractivity contribution in [3.63, 3.8) is 0 Å². The third kappa shape index (κ3) is 10.3. The van der Waals surface area contributed by atoms with Crippen molar-refractivity contribution >= 4 is 25.0 Å². The Morgan fingerprint density at radius 2 is 2.10 bits per heavy atom. The van der Waals surface area contributed by atoms with E-state index in [1.807, 2.05) is 13.8 Å². The van der Waals surface area contributed by atoms with Gasteiger partial charge in [-0.05, 0) is 27.8 Å². The Morgan fingerprint density at radius 3 is 2.63 bits per heavy atom. The number of nitrogens with zero attached hydrogens (tertiary/aromatic N) is 3. The van der Waals surface area contributed by atoms with Crippen LogP contribution in [-0.4, -0.2) is 92.5 Å². The van der Waals surface area contributed by atoms with Gasteiger partial charge in [0.2, 0.25) is 6.41 Å². The summed E-state index contributed by atoms with van der Waals surface area (Å²) in [6.45, 7) is 12.5. The number of hydrogen-bond donors (Lipinski definition) is 2. The number of rotatable bonds is 10. The molecule has 1 saturated heterocycles. The number of hydrogen-bond acceptors (Lipinski definition) is 9. The lowest BCUT2D eigenvalue weighted by Crippen LogP contribution is -2.57. The number of likely N-dealkylation sites (tertiary alicyclic amines) is 1. The number of likely N-dealkylation sites (N-methyl/N-ethyl adjacent to an activating group) is 1. The van der Waals surface area contributed by atoms with E-state index in [1.165, 1.54) is 5.06 Å². The Hall–Kier alpha value is -2.50. The van der Waals surface area contributed by atoms with Crippen LogP contribution in [0.4, 0.5) is 4.79 Å². The van der Waals surface area contributed by atoms with Crippen molar-refractivity contribution in [2.24, 2.45) is 10.9 Å². The third-order valence-corrected chi connectivity index (χ3v) is 3.98. The fraction of sp³-hybridized carbons (Fsp3) is 0.684. The minimum atomic E-state index is -0.562. The van der Waals surface area contributed by atoms with E-state index < -0.39 is 17.7 Å². The average Bonchev–Trinajstić information content (AvgIpc) is 2.69. The lowest BCUT2D eigenvalue weighted by Gasteiger charge is -2.40. The fourth-order valence-electron chi connectivity index (χ4n) is 2.62. The van der Waals surface area contributed by atoms with Gasteiger partial charge in [0.1, 0.15) is 25.0 Å². The predicted octanol–water partition coefficient (Wildman–Crippen LogP) is 0.306. The molecule has 1 rings (SSSR count). The largest absolute Gasteiger partial charge is 0.444 e. The molecule has 0 aromatic rings. The summed E-state index contributed by atoms with van der Waals surface area (Å²) in [4.78, 5) is 43.9. The lowest BCUT2D eigenvalue weighted by molar-refractivity contribution is -0.176. The van der Waals surface area contributed by atoms with Gasteiger partial charge in [-0.15, -0.1) is 6.58 Å². The van der Waals surface area contributed by atoms with Gasteiger partial charge in [0.25, 0.3) is 0 Å². The molecule has 1 unspecified atom stereocenters. The van der Waals surface area contributed by atoms with E-state index in [9.17, 15) is 9.59 Å². The molecule has 11 nitrogen and oxygen atoms in total. The highest BCUT2D eigenvalue weighted by atomic mass is 16.7. The summed E-state index contributed by atoms with van der Waals surface area (Å²) < 4.78 is 5.14. The second kappa shape index (κ2) is 14.5. The number of nitrogens with two attached hydrogens (primary N) is 1. The van der Waals surface area contributed by atoms with E-state index in [2.05, 4.69) is 22.0 Å². The molecule has 0 aromatic carbocycles. The van der Waals surface area contributed by atoms with Crippen molar-refractivity contribution in [1.29, 1.82) is 0 Å². The molecular formula is C19H35N5O6. The van der Waals surface area contributed by atoms with Crippen molar-refractivity contribution in [2.45, 2.75) is 44.9 Å². The van der Waals surface area contributed by atoms with Gasteiger partial charge in [-0.1, -0.05) is 11.2 Å². The van der Waals surface area contributed by atoms with Crippen LogP contribution in [0.15, 0.2) is 17.8 Å². The van der Waals surface area contributed by atoms with Crippen molar-refractivity contribution in [1.82, 2.24) is 15.3 Å². The molecule has 1 aliphatic heterocycles. The monoisotopic (exact) mass is 429 g/mol. The molecule has 1 fully saturated rings. The van der Waals surface area contributed by atoms with Crippen LogP contribution in [0.1, 0.15) is 27.2 Å². The van der Waals surface area contributed by atoms with E-state index in [-0.39, 0.29) is 25.8 Å². The first-order valence-electron chi connectivity index (χ1n) is 9.54. The van der Waals surface area contributed by atoms with Crippen molar-refractivity contribution in [3.8, 4) is 0 Å². The van der Waals surface area contributed by atoms with E-state index in [0.29, 0.717) is 31.6 Å². The Balaban J connectivity index is 0.00000407. The Bertz CT molecular complexity index is 566. The Morgan fingerprint density at radius 1 is 1.43 bits per heavy atom. The van der Waals surface area contributed by atoms with Crippen molar-refractivity contribution in [3.05, 3.63) is 12.7 Å². The van der Waals surface area contributed by atoms with Gasteiger partial charge in [-0.25, -0.2) is 9.86 Å². The van der Waals surface area contributed by atoms with Gasteiger partial charge >= 0.3 is 6.09 Å². The Kier molecular flexibility index (Phi) is 13.3. The SMILES string of the molecule is C=CCON(C=O)C1CN(C)[C@H](CN)C/C1=N/OCCNC(=O)OC(C)(C)C.C=O. The van der Waals surface area contributed by atoms with Crippen LogP contribution in [0, 0.1) is 0 Å². The van der Waals surface area contributed by atoms with Gasteiger partial charge in [-0.2, -0.15) is 0 Å². The van der Waals surface area contributed by atoms with E-state index in [4.69, 9.17) is 24.9 Å². The number of piperidine rings is 1. The lowest BCUT2D eigenvalue weighted by atomic mass is 9.96. The van der Waals surface area contributed by atoms with Gasteiger partial charge in [0.05, 0.1) is 18.9 Å². The molecule has 0 radical (unpaired) electrons. The molecule has 0 aromatic heterocycles. The topological polar surface area (TPSA) is 136 Å². The molecule has 0 saturated carbocycles. The van der Waals surface area contributed by atoms with Gasteiger partial charge in [-0.3, -0.25) is 14.5 Å². The number of carbonyl (C=O) groups excluding carboxylic acids is 3. The van der Waals surface area contributed by atoms with Crippen LogP contribution in [0.25, 0.3) is 0 Å². The summed E-state index contributed by atoms with van der Waals surface area (Å²) in [5.41, 5.74) is 5.92. The van der Waals surface area contributed by atoms with Gasteiger partial charge in [0.15, 0.2) is 0 Å². The zero-order valence-electron chi connectivity index (χ0n) is 18.3. The molecule has 1 heterocycles. The molecule has 0 aliphatic carbocycles. The van der Waals surface area contributed by atoms with Crippen LogP contribution in [0.2, 0.25) is 0 Å². The first-order chi connectivity index (χ1) is 14.2. The summed E-state index contributed by atoms with van der Waals surface area (Å²) in [7, 11) is 1.93. The minimum Gasteiger partial charge on any atom is -0.444 e. The van der Waals surface area contributed by atoms with Crippen LogP contribution in [0.5, 0.6) is 0 Å². The number of ether oxygens (including phenoxy) is 1. The van der Waals surface area contributed by atoms with Gasteiger partial charge < -0.3 is 25.4 Å².